The Morgan fingerprint density at radius 2 is 2.06 bits per heavy atom. The minimum absolute atomic E-state index is 0.00188. The third kappa shape index (κ3) is 5.80. The van der Waals surface area contributed by atoms with Crippen LogP contribution >= 0.6 is 0 Å². The van der Waals surface area contributed by atoms with Gasteiger partial charge in [-0.05, 0) is 36.7 Å². The molecule has 2 aromatic rings. The predicted octanol–water partition coefficient (Wildman–Crippen LogP) is 1.11. The highest BCUT2D eigenvalue weighted by atomic mass is 16.3. The molecule has 3 amide bonds. The van der Waals surface area contributed by atoms with Crippen LogP contribution in [-0.2, 0) is 27.5 Å². The van der Waals surface area contributed by atoms with Crippen LogP contribution in [0.2, 0.25) is 0 Å². The molecule has 3 rings (SSSR count). The van der Waals surface area contributed by atoms with E-state index >= 15 is 0 Å². The maximum atomic E-state index is 12.1. The van der Waals surface area contributed by atoms with Gasteiger partial charge >= 0.3 is 0 Å². The summed E-state index contributed by atoms with van der Waals surface area (Å²) in [5.41, 5.74) is 2.31. The van der Waals surface area contributed by atoms with Crippen molar-refractivity contribution in [2.45, 2.75) is 32.0 Å². The molecule has 0 spiro atoms. The Kier molecular flexibility index (Phi) is 7.37. The number of likely N-dealkylation sites (N-methyl/N-ethyl adjacent to an activating group) is 1. The Morgan fingerprint density at radius 1 is 1.28 bits per heavy atom. The number of carbonyl (C=O) groups is 4. The van der Waals surface area contributed by atoms with Gasteiger partial charge in [0.05, 0.1) is 11.6 Å². The van der Waals surface area contributed by atoms with Crippen LogP contribution < -0.4 is 10.6 Å². The summed E-state index contributed by atoms with van der Waals surface area (Å²) in [7, 11) is 1.76. The average Bonchev–Trinajstić information content (AvgIpc) is 2.77. The fraction of sp³-hybridized carbons (Fsp3) is 0.250. The number of para-hydroxylation sites is 1. The number of rotatable bonds is 6. The summed E-state index contributed by atoms with van der Waals surface area (Å²) < 4.78 is 0. The predicted molar refractivity (Wildman–Crippen MR) is 116 cm³/mol. The van der Waals surface area contributed by atoms with E-state index in [1.54, 1.807) is 48.3 Å². The largest absolute Gasteiger partial charge is 0.507 e. The first-order chi connectivity index (χ1) is 15.4. The van der Waals surface area contributed by atoms with E-state index in [-0.39, 0.29) is 30.5 Å². The van der Waals surface area contributed by atoms with Crippen LogP contribution in [0.3, 0.4) is 0 Å². The molecule has 8 heteroatoms. The average molecular weight is 433 g/mol. The standard InChI is InChI=1S/C24H23N3O5/c1-27(20-9-11-23(31)26-24(20)32)14-19-12-16(6-7-18(19)15-28)13-25-22(30)10-8-17-4-2-3-5-21(17)29/h2-7,12,15,20,29H,9,11,13-14H2,1H3,(H,25,30)(H,26,31,32). The summed E-state index contributed by atoms with van der Waals surface area (Å²) in [4.78, 5) is 48.8. The second kappa shape index (κ2) is 10.4. The van der Waals surface area contributed by atoms with E-state index in [0.29, 0.717) is 29.7 Å². The molecule has 0 saturated carbocycles. The summed E-state index contributed by atoms with van der Waals surface area (Å²) in [6.07, 6.45) is 1.44. The first-order valence-electron chi connectivity index (χ1n) is 10.1. The lowest BCUT2D eigenvalue weighted by molar-refractivity contribution is -0.137. The monoisotopic (exact) mass is 433 g/mol. The maximum absolute atomic E-state index is 12.1. The summed E-state index contributed by atoms with van der Waals surface area (Å²) >= 11 is 0. The van der Waals surface area contributed by atoms with Crippen LogP contribution in [0.5, 0.6) is 5.75 Å². The van der Waals surface area contributed by atoms with Gasteiger partial charge < -0.3 is 10.4 Å². The Balaban J connectivity index is 1.65. The number of phenols is 1. The molecule has 1 heterocycles. The molecule has 2 aromatic carbocycles. The van der Waals surface area contributed by atoms with Gasteiger partial charge in [0.1, 0.15) is 12.0 Å². The zero-order chi connectivity index (χ0) is 23.1. The second-order valence-corrected chi connectivity index (χ2v) is 7.48. The van der Waals surface area contributed by atoms with E-state index < -0.39 is 11.9 Å². The normalized spacial score (nSPS) is 15.5. The molecule has 0 bridgehead atoms. The number of imide groups is 1. The SMILES string of the molecule is CN(Cc1cc(CNC(=O)C#Cc2ccccc2O)ccc1C=O)C1CCC(=O)NC1=O. The molecule has 1 saturated heterocycles. The topological polar surface area (TPSA) is 116 Å². The molecule has 32 heavy (non-hydrogen) atoms. The number of piperidine rings is 1. The van der Waals surface area contributed by atoms with Gasteiger partial charge in [-0.2, -0.15) is 0 Å². The number of carbonyl (C=O) groups excluding carboxylic acids is 4. The van der Waals surface area contributed by atoms with Crippen molar-refractivity contribution in [2.75, 3.05) is 7.05 Å². The van der Waals surface area contributed by atoms with Gasteiger partial charge in [-0.15, -0.1) is 0 Å². The molecule has 1 aliphatic rings. The van der Waals surface area contributed by atoms with Gasteiger partial charge in [-0.3, -0.25) is 29.4 Å². The second-order valence-electron chi connectivity index (χ2n) is 7.48. The first kappa shape index (κ1) is 22.7. The van der Waals surface area contributed by atoms with E-state index in [0.717, 1.165) is 11.8 Å². The number of aldehydes is 1. The molecule has 0 aliphatic carbocycles. The highest BCUT2D eigenvalue weighted by Gasteiger charge is 2.29. The summed E-state index contributed by atoms with van der Waals surface area (Å²) in [6.45, 7) is 0.526. The van der Waals surface area contributed by atoms with Crippen LogP contribution in [0.4, 0.5) is 0 Å². The molecule has 164 valence electrons. The molecule has 1 atom stereocenters. The van der Waals surface area contributed by atoms with Gasteiger partial charge in [0.2, 0.25) is 11.8 Å². The molecule has 8 nitrogen and oxygen atoms in total. The van der Waals surface area contributed by atoms with Gasteiger partial charge in [0.25, 0.3) is 5.91 Å². The quantitative estimate of drug-likeness (QED) is 0.357. The molecular formula is C24H23N3O5. The smallest absolute Gasteiger partial charge is 0.296 e. The third-order valence-corrected chi connectivity index (χ3v) is 5.16. The molecule has 1 aliphatic heterocycles. The number of benzene rings is 2. The maximum Gasteiger partial charge on any atom is 0.296 e. The van der Waals surface area contributed by atoms with E-state index in [1.807, 2.05) is 0 Å². The number of nitrogens with zero attached hydrogens (tertiary/aromatic N) is 1. The number of hydrogen-bond donors (Lipinski definition) is 3. The van der Waals surface area contributed by atoms with Crippen molar-refractivity contribution in [2.24, 2.45) is 0 Å². The van der Waals surface area contributed by atoms with Gasteiger partial charge in [0, 0.05) is 31.0 Å². The number of amides is 3. The summed E-state index contributed by atoms with van der Waals surface area (Å²) in [5.74, 6) is 3.93. The van der Waals surface area contributed by atoms with Crippen LogP contribution in [-0.4, -0.2) is 47.1 Å². The highest BCUT2D eigenvalue weighted by molar-refractivity contribution is 6.00. The van der Waals surface area contributed by atoms with Gasteiger partial charge in [0.15, 0.2) is 0 Å². The Bertz CT molecular complexity index is 1120. The molecule has 0 aromatic heterocycles. The minimum atomic E-state index is -0.505. The van der Waals surface area contributed by atoms with Crippen LogP contribution in [0, 0.1) is 11.8 Å². The number of phenolic OH excluding ortho intramolecular Hbond substituents is 1. The van der Waals surface area contributed by atoms with Gasteiger partial charge in [-0.1, -0.05) is 36.3 Å². The number of aromatic hydroxyl groups is 1. The van der Waals surface area contributed by atoms with E-state index in [1.165, 1.54) is 6.07 Å². The lowest BCUT2D eigenvalue weighted by Crippen LogP contribution is -2.51. The van der Waals surface area contributed by atoms with Crippen LogP contribution in [0.1, 0.15) is 39.9 Å². The fourth-order valence-corrected chi connectivity index (χ4v) is 3.43. The van der Waals surface area contributed by atoms with E-state index in [2.05, 4.69) is 22.5 Å². The van der Waals surface area contributed by atoms with Crippen molar-refractivity contribution in [3.05, 3.63) is 64.7 Å². The summed E-state index contributed by atoms with van der Waals surface area (Å²) in [5, 5.41) is 14.7. The summed E-state index contributed by atoms with van der Waals surface area (Å²) in [6, 6.07) is 11.2. The lowest BCUT2D eigenvalue weighted by Gasteiger charge is -2.30. The lowest BCUT2D eigenvalue weighted by atomic mass is 10.0. The molecule has 0 radical (unpaired) electrons. The number of hydrogen-bond acceptors (Lipinski definition) is 6. The van der Waals surface area contributed by atoms with Gasteiger partial charge in [-0.25, -0.2) is 0 Å². The molecule has 1 fully saturated rings. The first-order valence-corrected chi connectivity index (χ1v) is 10.1. The Hall–Kier alpha value is -3.96. The third-order valence-electron chi connectivity index (χ3n) is 5.16. The van der Waals surface area contributed by atoms with Crippen molar-refractivity contribution in [3.63, 3.8) is 0 Å². The molecular weight excluding hydrogens is 410 g/mol. The van der Waals surface area contributed by atoms with Crippen LogP contribution in [0.15, 0.2) is 42.5 Å². The van der Waals surface area contributed by atoms with E-state index in [9.17, 15) is 24.3 Å². The molecule has 1 unspecified atom stereocenters. The van der Waals surface area contributed by atoms with Crippen molar-refractivity contribution in [1.29, 1.82) is 0 Å². The zero-order valence-electron chi connectivity index (χ0n) is 17.6. The van der Waals surface area contributed by atoms with Crippen molar-refractivity contribution in [3.8, 4) is 17.6 Å². The Labute approximate surface area is 185 Å². The highest BCUT2D eigenvalue weighted by Crippen LogP contribution is 2.18. The number of nitrogens with one attached hydrogen (secondary N) is 2. The fourth-order valence-electron chi connectivity index (χ4n) is 3.43. The van der Waals surface area contributed by atoms with Crippen molar-refractivity contribution in [1.82, 2.24) is 15.5 Å². The zero-order valence-corrected chi connectivity index (χ0v) is 17.6. The van der Waals surface area contributed by atoms with Crippen LogP contribution in [0.25, 0.3) is 0 Å². The molecule has 3 N–H and O–H groups in total. The van der Waals surface area contributed by atoms with Crippen molar-refractivity contribution < 1.29 is 24.3 Å². The van der Waals surface area contributed by atoms with Crippen molar-refractivity contribution >= 4 is 24.0 Å². The Morgan fingerprint density at radius 3 is 2.78 bits per heavy atom. The minimum Gasteiger partial charge on any atom is -0.507 e. The van der Waals surface area contributed by atoms with E-state index in [4.69, 9.17) is 0 Å².